The first-order valence-electron chi connectivity index (χ1n) is 3.55. The first-order chi connectivity index (χ1) is 5.11. The van der Waals surface area contributed by atoms with E-state index >= 15 is 0 Å². The molecule has 0 aromatic rings. The van der Waals surface area contributed by atoms with Gasteiger partial charge in [0.15, 0.2) is 0 Å². The molecule has 3 atom stereocenters. The predicted molar refractivity (Wildman–Crippen MR) is 39.3 cm³/mol. The SMILES string of the molecule is NC1CC[C@@H](O)[C@@]1(N)NC=O. The van der Waals surface area contributed by atoms with E-state index in [0.717, 1.165) is 0 Å². The molecule has 5 nitrogen and oxygen atoms in total. The molecular formula is C6H13N3O2. The molecule has 64 valence electrons. The van der Waals surface area contributed by atoms with E-state index in [2.05, 4.69) is 5.32 Å². The topological polar surface area (TPSA) is 101 Å². The Hall–Kier alpha value is -0.650. The van der Waals surface area contributed by atoms with Gasteiger partial charge in [-0.3, -0.25) is 4.79 Å². The molecular weight excluding hydrogens is 146 g/mol. The molecule has 0 aromatic heterocycles. The molecule has 0 aromatic carbocycles. The van der Waals surface area contributed by atoms with Crippen LogP contribution >= 0.6 is 0 Å². The zero-order valence-electron chi connectivity index (χ0n) is 6.16. The van der Waals surface area contributed by atoms with Crippen LogP contribution in [0.25, 0.3) is 0 Å². The molecule has 0 aliphatic heterocycles. The minimum Gasteiger partial charge on any atom is -0.389 e. The molecule has 1 unspecified atom stereocenters. The van der Waals surface area contributed by atoms with Crippen molar-refractivity contribution in [2.75, 3.05) is 0 Å². The van der Waals surface area contributed by atoms with Crippen molar-refractivity contribution < 1.29 is 9.90 Å². The van der Waals surface area contributed by atoms with E-state index in [0.29, 0.717) is 19.3 Å². The molecule has 1 aliphatic carbocycles. The standard InChI is InChI=1S/C6H13N3O2/c7-4-1-2-5(11)6(4,8)9-3-10/h3-5,11H,1-2,7-8H2,(H,9,10)/t4?,5-,6+/m1/s1. The van der Waals surface area contributed by atoms with Crippen molar-refractivity contribution in [3.63, 3.8) is 0 Å². The van der Waals surface area contributed by atoms with Crippen molar-refractivity contribution in [3.8, 4) is 0 Å². The van der Waals surface area contributed by atoms with E-state index in [4.69, 9.17) is 11.5 Å². The van der Waals surface area contributed by atoms with Gasteiger partial charge in [-0.2, -0.15) is 0 Å². The maximum Gasteiger partial charge on any atom is 0.208 e. The van der Waals surface area contributed by atoms with Gasteiger partial charge in [-0.25, -0.2) is 0 Å². The van der Waals surface area contributed by atoms with Crippen molar-refractivity contribution in [1.82, 2.24) is 5.32 Å². The van der Waals surface area contributed by atoms with Gasteiger partial charge in [-0.15, -0.1) is 0 Å². The third-order valence-corrected chi connectivity index (χ3v) is 2.22. The number of amides is 1. The fourth-order valence-electron chi connectivity index (χ4n) is 1.37. The molecule has 0 saturated heterocycles. The Kier molecular flexibility index (Phi) is 2.12. The summed E-state index contributed by atoms with van der Waals surface area (Å²) in [6.45, 7) is 0. The summed E-state index contributed by atoms with van der Waals surface area (Å²) in [6, 6.07) is -0.359. The highest BCUT2D eigenvalue weighted by Crippen LogP contribution is 2.23. The lowest BCUT2D eigenvalue weighted by Gasteiger charge is -2.31. The van der Waals surface area contributed by atoms with Crippen LogP contribution in [-0.4, -0.2) is 29.3 Å². The summed E-state index contributed by atoms with van der Waals surface area (Å²) in [4.78, 5) is 10.1. The van der Waals surface area contributed by atoms with Crippen LogP contribution in [0.15, 0.2) is 0 Å². The van der Waals surface area contributed by atoms with Crippen molar-refractivity contribution in [2.45, 2.75) is 30.7 Å². The number of aliphatic hydroxyl groups excluding tert-OH is 1. The highest BCUT2D eigenvalue weighted by molar-refractivity contribution is 5.48. The molecule has 1 aliphatic rings. The van der Waals surface area contributed by atoms with Gasteiger partial charge in [0.25, 0.3) is 0 Å². The first-order valence-corrected chi connectivity index (χ1v) is 3.55. The quantitative estimate of drug-likeness (QED) is 0.273. The van der Waals surface area contributed by atoms with Crippen LogP contribution in [0.2, 0.25) is 0 Å². The molecule has 0 radical (unpaired) electrons. The van der Waals surface area contributed by atoms with Crippen LogP contribution in [0.4, 0.5) is 0 Å². The van der Waals surface area contributed by atoms with Gasteiger partial charge in [0.05, 0.1) is 6.10 Å². The lowest BCUT2D eigenvalue weighted by Crippen LogP contribution is -2.67. The molecule has 5 heteroatoms. The van der Waals surface area contributed by atoms with E-state index in [1.165, 1.54) is 0 Å². The third-order valence-electron chi connectivity index (χ3n) is 2.22. The summed E-state index contributed by atoms with van der Waals surface area (Å²) in [6.07, 6.45) is 0.911. The van der Waals surface area contributed by atoms with Gasteiger partial charge in [-0.1, -0.05) is 0 Å². The minimum atomic E-state index is -1.12. The summed E-state index contributed by atoms with van der Waals surface area (Å²) in [7, 11) is 0. The van der Waals surface area contributed by atoms with Gasteiger partial charge in [-0.05, 0) is 12.8 Å². The summed E-state index contributed by atoms with van der Waals surface area (Å²) < 4.78 is 0. The van der Waals surface area contributed by atoms with Crippen molar-refractivity contribution >= 4 is 6.41 Å². The second kappa shape index (κ2) is 2.77. The van der Waals surface area contributed by atoms with Crippen LogP contribution in [-0.2, 0) is 4.79 Å². The largest absolute Gasteiger partial charge is 0.389 e. The van der Waals surface area contributed by atoms with Crippen molar-refractivity contribution in [2.24, 2.45) is 11.5 Å². The number of rotatable bonds is 2. The van der Waals surface area contributed by atoms with E-state index < -0.39 is 11.8 Å². The van der Waals surface area contributed by atoms with Crippen LogP contribution in [0.3, 0.4) is 0 Å². The molecule has 0 spiro atoms. The smallest absolute Gasteiger partial charge is 0.208 e. The maximum absolute atomic E-state index is 10.1. The van der Waals surface area contributed by atoms with E-state index in [-0.39, 0.29) is 6.04 Å². The fraction of sp³-hybridized carbons (Fsp3) is 0.833. The highest BCUT2D eigenvalue weighted by Gasteiger charge is 2.44. The summed E-state index contributed by atoms with van der Waals surface area (Å²) in [5, 5.41) is 11.7. The van der Waals surface area contributed by atoms with E-state index in [1.807, 2.05) is 0 Å². The number of hydrogen-bond donors (Lipinski definition) is 4. The molecule has 1 saturated carbocycles. The Morgan fingerprint density at radius 3 is 2.64 bits per heavy atom. The molecule has 1 fully saturated rings. The number of aliphatic hydroxyl groups is 1. The molecule has 1 amide bonds. The van der Waals surface area contributed by atoms with Gasteiger partial charge in [0, 0.05) is 6.04 Å². The Morgan fingerprint density at radius 1 is 1.64 bits per heavy atom. The summed E-state index contributed by atoms with van der Waals surface area (Å²) >= 11 is 0. The van der Waals surface area contributed by atoms with Crippen LogP contribution in [0, 0.1) is 0 Å². The number of carbonyl (C=O) groups is 1. The Balaban J connectivity index is 2.70. The Bertz CT molecular complexity index is 152. The van der Waals surface area contributed by atoms with Gasteiger partial charge < -0.3 is 21.9 Å². The van der Waals surface area contributed by atoms with Gasteiger partial charge in [0.1, 0.15) is 5.66 Å². The molecule has 0 bridgehead atoms. The highest BCUT2D eigenvalue weighted by atomic mass is 16.3. The lowest BCUT2D eigenvalue weighted by atomic mass is 10.1. The Labute approximate surface area is 64.7 Å². The number of nitrogens with two attached hydrogens (primary N) is 2. The van der Waals surface area contributed by atoms with E-state index in [9.17, 15) is 9.90 Å². The maximum atomic E-state index is 10.1. The zero-order chi connectivity index (χ0) is 8.48. The normalized spacial score (nSPS) is 43.9. The fourth-order valence-corrected chi connectivity index (χ4v) is 1.37. The third kappa shape index (κ3) is 1.22. The zero-order valence-corrected chi connectivity index (χ0v) is 6.16. The number of carbonyl (C=O) groups excluding carboxylic acids is 1. The van der Waals surface area contributed by atoms with Gasteiger partial charge >= 0.3 is 0 Å². The molecule has 11 heavy (non-hydrogen) atoms. The average Bonchev–Trinajstić information content (AvgIpc) is 2.19. The van der Waals surface area contributed by atoms with E-state index in [1.54, 1.807) is 0 Å². The van der Waals surface area contributed by atoms with Crippen molar-refractivity contribution in [1.29, 1.82) is 0 Å². The number of nitrogens with one attached hydrogen (secondary N) is 1. The van der Waals surface area contributed by atoms with Crippen LogP contribution in [0.5, 0.6) is 0 Å². The minimum absolute atomic E-state index is 0.359. The van der Waals surface area contributed by atoms with Crippen LogP contribution in [0.1, 0.15) is 12.8 Å². The molecule has 0 heterocycles. The second-order valence-corrected chi connectivity index (χ2v) is 2.89. The monoisotopic (exact) mass is 159 g/mol. The molecule has 6 N–H and O–H groups in total. The van der Waals surface area contributed by atoms with Gasteiger partial charge in [0.2, 0.25) is 6.41 Å². The van der Waals surface area contributed by atoms with Crippen molar-refractivity contribution in [3.05, 3.63) is 0 Å². The summed E-state index contributed by atoms with van der Waals surface area (Å²) in [5.74, 6) is 0. The van der Waals surface area contributed by atoms with Crippen LogP contribution < -0.4 is 16.8 Å². The number of hydrogen-bond acceptors (Lipinski definition) is 4. The lowest BCUT2D eigenvalue weighted by molar-refractivity contribution is -0.112. The first kappa shape index (κ1) is 8.45. The Morgan fingerprint density at radius 2 is 2.27 bits per heavy atom. The predicted octanol–water partition coefficient (Wildman–Crippen LogP) is -2.13. The summed E-state index contributed by atoms with van der Waals surface area (Å²) in [5.41, 5.74) is 10.1. The second-order valence-electron chi connectivity index (χ2n) is 2.89. The average molecular weight is 159 g/mol. The molecule has 1 rings (SSSR count).